The van der Waals surface area contributed by atoms with Crippen LogP contribution in [-0.4, -0.2) is 37.7 Å². The molecule has 21 heavy (non-hydrogen) atoms. The molecule has 0 aliphatic carbocycles. The number of likely N-dealkylation sites (tertiary alicyclic amines) is 1. The molecule has 1 atom stereocenters. The molecule has 0 saturated carbocycles. The van der Waals surface area contributed by atoms with Gasteiger partial charge in [-0.3, -0.25) is 4.90 Å². The summed E-state index contributed by atoms with van der Waals surface area (Å²) >= 11 is 0. The fraction of sp³-hybridized carbons (Fsp3) is 0.667. The van der Waals surface area contributed by atoms with Crippen molar-refractivity contribution in [3.05, 3.63) is 35.4 Å². The number of methoxy groups -OCH3 is 1. The van der Waals surface area contributed by atoms with Gasteiger partial charge in [-0.1, -0.05) is 24.3 Å². The molecular formula is C18H28N2O. The van der Waals surface area contributed by atoms with Crippen LogP contribution in [0.3, 0.4) is 0 Å². The van der Waals surface area contributed by atoms with E-state index in [9.17, 15) is 0 Å². The van der Waals surface area contributed by atoms with E-state index in [2.05, 4.69) is 34.5 Å². The minimum atomic E-state index is 0.712. The van der Waals surface area contributed by atoms with Gasteiger partial charge >= 0.3 is 0 Å². The monoisotopic (exact) mass is 288 g/mol. The van der Waals surface area contributed by atoms with Gasteiger partial charge in [-0.05, 0) is 62.4 Å². The second kappa shape index (κ2) is 7.39. The number of nitrogens with one attached hydrogen (secondary N) is 1. The molecule has 2 saturated heterocycles. The number of ether oxygens (including phenoxy) is 1. The van der Waals surface area contributed by atoms with Crippen molar-refractivity contribution in [1.29, 1.82) is 0 Å². The highest BCUT2D eigenvalue weighted by Gasteiger charge is 2.28. The molecule has 0 amide bonds. The first-order valence-electron chi connectivity index (χ1n) is 8.37. The summed E-state index contributed by atoms with van der Waals surface area (Å²) in [5, 5.41) is 3.68. The molecule has 2 aliphatic rings. The van der Waals surface area contributed by atoms with E-state index in [1.54, 1.807) is 7.11 Å². The van der Waals surface area contributed by atoms with E-state index in [1.807, 2.05) is 0 Å². The van der Waals surface area contributed by atoms with Gasteiger partial charge in [0.1, 0.15) is 0 Å². The van der Waals surface area contributed by atoms with Crippen molar-refractivity contribution in [3.8, 4) is 0 Å². The molecule has 0 spiro atoms. The first-order chi connectivity index (χ1) is 10.3. The van der Waals surface area contributed by atoms with Crippen molar-refractivity contribution < 1.29 is 4.74 Å². The van der Waals surface area contributed by atoms with Crippen molar-refractivity contribution in [2.24, 2.45) is 5.92 Å². The van der Waals surface area contributed by atoms with E-state index in [0.29, 0.717) is 6.61 Å². The van der Waals surface area contributed by atoms with Crippen LogP contribution >= 0.6 is 0 Å². The van der Waals surface area contributed by atoms with Crippen LogP contribution in [0.1, 0.15) is 36.8 Å². The molecule has 2 heterocycles. The van der Waals surface area contributed by atoms with Crippen molar-refractivity contribution >= 4 is 0 Å². The summed E-state index contributed by atoms with van der Waals surface area (Å²) < 4.78 is 5.22. The largest absolute Gasteiger partial charge is 0.380 e. The molecule has 2 aliphatic heterocycles. The maximum atomic E-state index is 5.22. The average Bonchev–Trinajstić information content (AvgIpc) is 3.03. The predicted molar refractivity (Wildman–Crippen MR) is 86.2 cm³/mol. The lowest BCUT2D eigenvalue weighted by Crippen LogP contribution is -2.40. The van der Waals surface area contributed by atoms with Gasteiger partial charge in [-0.15, -0.1) is 0 Å². The summed E-state index contributed by atoms with van der Waals surface area (Å²) in [6.07, 6.45) is 5.48. The quantitative estimate of drug-likeness (QED) is 0.901. The van der Waals surface area contributed by atoms with E-state index in [1.165, 1.54) is 56.4 Å². The molecule has 3 heteroatoms. The van der Waals surface area contributed by atoms with Crippen LogP contribution in [0, 0.1) is 5.92 Å². The number of rotatable bonds is 5. The van der Waals surface area contributed by atoms with Gasteiger partial charge in [0.25, 0.3) is 0 Å². The van der Waals surface area contributed by atoms with Crippen molar-refractivity contribution in [1.82, 2.24) is 10.2 Å². The van der Waals surface area contributed by atoms with Gasteiger partial charge in [0, 0.05) is 19.7 Å². The first kappa shape index (κ1) is 15.0. The lowest BCUT2D eigenvalue weighted by Gasteiger charge is -2.35. The van der Waals surface area contributed by atoms with E-state index < -0.39 is 0 Å². The Bertz CT molecular complexity index is 435. The van der Waals surface area contributed by atoms with Gasteiger partial charge in [-0.25, -0.2) is 0 Å². The van der Waals surface area contributed by atoms with Gasteiger partial charge in [0.2, 0.25) is 0 Å². The van der Waals surface area contributed by atoms with Crippen LogP contribution in [0.2, 0.25) is 0 Å². The molecule has 1 aromatic rings. The summed E-state index contributed by atoms with van der Waals surface area (Å²) in [5.74, 6) is 0.906. The fourth-order valence-electron chi connectivity index (χ4n) is 3.87. The van der Waals surface area contributed by atoms with Crippen LogP contribution in [-0.2, 0) is 17.9 Å². The molecule has 1 N–H and O–H groups in total. The maximum Gasteiger partial charge on any atom is 0.0713 e. The lowest BCUT2D eigenvalue weighted by atomic mass is 9.88. The fourth-order valence-corrected chi connectivity index (χ4v) is 3.87. The average molecular weight is 288 g/mol. The van der Waals surface area contributed by atoms with E-state index in [4.69, 9.17) is 4.74 Å². The van der Waals surface area contributed by atoms with Gasteiger partial charge in [0.05, 0.1) is 6.61 Å². The highest BCUT2D eigenvalue weighted by Crippen LogP contribution is 2.26. The van der Waals surface area contributed by atoms with Crippen molar-refractivity contribution in [2.75, 3.05) is 26.7 Å². The van der Waals surface area contributed by atoms with Gasteiger partial charge in [-0.2, -0.15) is 0 Å². The Hall–Kier alpha value is -0.900. The number of hydrogen-bond acceptors (Lipinski definition) is 3. The molecular weight excluding hydrogens is 260 g/mol. The van der Waals surface area contributed by atoms with Crippen LogP contribution in [0.25, 0.3) is 0 Å². The summed E-state index contributed by atoms with van der Waals surface area (Å²) in [7, 11) is 1.76. The Morgan fingerprint density at radius 1 is 1.19 bits per heavy atom. The Balaban J connectivity index is 1.49. The zero-order valence-electron chi connectivity index (χ0n) is 13.2. The molecule has 3 nitrogen and oxygen atoms in total. The van der Waals surface area contributed by atoms with E-state index >= 15 is 0 Å². The topological polar surface area (TPSA) is 24.5 Å². The molecule has 0 aromatic heterocycles. The number of benzene rings is 1. The molecule has 1 aromatic carbocycles. The standard InChI is InChI=1S/C18H28N2O/c1-21-14-16-5-2-4-15(12-16)13-20-10-7-17(8-11-20)18-6-3-9-19-18/h2,4-5,12,17-19H,3,6-11,13-14H2,1H3. The zero-order chi connectivity index (χ0) is 14.5. The third kappa shape index (κ3) is 4.06. The molecule has 1 unspecified atom stereocenters. The Labute approximate surface area is 128 Å². The molecule has 3 rings (SSSR count). The first-order valence-corrected chi connectivity index (χ1v) is 8.37. The highest BCUT2D eigenvalue weighted by molar-refractivity contribution is 5.23. The Kier molecular flexibility index (Phi) is 5.28. The predicted octanol–water partition coefficient (Wildman–Crippen LogP) is 2.80. The summed E-state index contributed by atoms with van der Waals surface area (Å²) in [6.45, 7) is 5.53. The minimum absolute atomic E-state index is 0.712. The normalized spacial score (nSPS) is 24.5. The zero-order valence-corrected chi connectivity index (χ0v) is 13.2. The lowest BCUT2D eigenvalue weighted by molar-refractivity contribution is 0.157. The van der Waals surface area contributed by atoms with Crippen LogP contribution < -0.4 is 5.32 Å². The molecule has 0 radical (unpaired) electrons. The maximum absolute atomic E-state index is 5.22. The van der Waals surface area contributed by atoms with Gasteiger partial charge in [0.15, 0.2) is 0 Å². The summed E-state index contributed by atoms with van der Waals surface area (Å²) in [6, 6.07) is 9.62. The smallest absolute Gasteiger partial charge is 0.0713 e. The van der Waals surface area contributed by atoms with Gasteiger partial charge < -0.3 is 10.1 Å². The van der Waals surface area contributed by atoms with Crippen LogP contribution in [0.4, 0.5) is 0 Å². The number of nitrogens with zero attached hydrogens (tertiary/aromatic N) is 1. The molecule has 0 bridgehead atoms. The third-order valence-corrected chi connectivity index (χ3v) is 5.01. The second-order valence-electron chi connectivity index (χ2n) is 6.57. The van der Waals surface area contributed by atoms with Crippen molar-refractivity contribution in [3.63, 3.8) is 0 Å². The van der Waals surface area contributed by atoms with E-state index in [-0.39, 0.29) is 0 Å². The Morgan fingerprint density at radius 3 is 2.71 bits per heavy atom. The summed E-state index contributed by atoms with van der Waals surface area (Å²) in [5.41, 5.74) is 2.70. The number of hydrogen-bond donors (Lipinski definition) is 1. The third-order valence-electron chi connectivity index (χ3n) is 5.01. The molecule has 116 valence electrons. The number of piperidine rings is 1. The van der Waals surface area contributed by atoms with E-state index in [0.717, 1.165) is 18.5 Å². The summed E-state index contributed by atoms with van der Waals surface area (Å²) in [4.78, 5) is 2.61. The second-order valence-corrected chi connectivity index (χ2v) is 6.57. The minimum Gasteiger partial charge on any atom is -0.380 e. The van der Waals surface area contributed by atoms with Crippen LogP contribution in [0.15, 0.2) is 24.3 Å². The SMILES string of the molecule is COCc1cccc(CN2CCC(C3CCCN3)CC2)c1. The molecule has 2 fully saturated rings. The van der Waals surface area contributed by atoms with Crippen molar-refractivity contribution in [2.45, 2.75) is 44.9 Å². The van der Waals surface area contributed by atoms with Crippen LogP contribution in [0.5, 0.6) is 0 Å². The Morgan fingerprint density at radius 2 is 2.00 bits per heavy atom. The highest BCUT2D eigenvalue weighted by atomic mass is 16.5.